The van der Waals surface area contributed by atoms with Gasteiger partial charge < -0.3 is 15.4 Å². The van der Waals surface area contributed by atoms with Crippen LogP contribution in [0.2, 0.25) is 0 Å². The molecule has 2 N–H and O–H groups in total. The average Bonchev–Trinajstić information content (AvgIpc) is 3.34. The van der Waals surface area contributed by atoms with Gasteiger partial charge in [0.1, 0.15) is 11.1 Å². The molecule has 1 aromatic carbocycles. The summed E-state index contributed by atoms with van der Waals surface area (Å²) in [5.41, 5.74) is 4.76. The van der Waals surface area contributed by atoms with Gasteiger partial charge in [-0.2, -0.15) is 5.10 Å². The van der Waals surface area contributed by atoms with Crippen molar-refractivity contribution < 1.29 is 14.3 Å². The number of nitrogens with zero attached hydrogens (tertiary/aromatic N) is 2. The van der Waals surface area contributed by atoms with Crippen LogP contribution in [0.15, 0.2) is 36.4 Å². The van der Waals surface area contributed by atoms with E-state index in [1.165, 1.54) is 11.3 Å². The zero-order chi connectivity index (χ0) is 24.9. The van der Waals surface area contributed by atoms with Crippen molar-refractivity contribution in [3.8, 4) is 12.3 Å². The van der Waals surface area contributed by atoms with Crippen molar-refractivity contribution in [1.82, 2.24) is 15.1 Å². The van der Waals surface area contributed by atoms with Gasteiger partial charge in [-0.1, -0.05) is 43.2 Å². The molecule has 1 aliphatic rings. The summed E-state index contributed by atoms with van der Waals surface area (Å²) in [6, 6.07) is 11.9. The molecule has 0 fully saturated rings. The van der Waals surface area contributed by atoms with Crippen LogP contribution in [0.25, 0.3) is 0 Å². The Kier molecular flexibility index (Phi) is 7.57. The molecule has 2 unspecified atom stereocenters. The molecule has 2 amide bonds. The lowest BCUT2D eigenvalue weighted by Gasteiger charge is -2.22. The Morgan fingerprint density at radius 1 is 1.34 bits per heavy atom. The number of nitrogens with one attached hydrogen (secondary N) is 2. The molecular weight excluding hydrogens is 460 g/mol. The van der Waals surface area contributed by atoms with Crippen molar-refractivity contribution >= 4 is 28.3 Å². The minimum absolute atomic E-state index is 0.0611. The van der Waals surface area contributed by atoms with Crippen LogP contribution in [0.3, 0.4) is 0 Å². The van der Waals surface area contributed by atoms with E-state index in [4.69, 9.17) is 11.2 Å². The Bertz CT molecular complexity index is 1260. The summed E-state index contributed by atoms with van der Waals surface area (Å²) >= 11 is 1.49. The Morgan fingerprint density at radius 2 is 2.11 bits per heavy atom. The molecule has 2 aromatic heterocycles. The second-order valence-electron chi connectivity index (χ2n) is 8.94. The quantitative estimate of drug-likeness (QED) is 0.471. The van der Waals surface area contributed by atoms with E-state index in [1.807, 2.05) is 57.3 Å². The molecule has 0 bridgehead atoms. The van der Waals surface area contributed by atoms with E-state index in [0.717, 1.165) is 33.0 Å². The Morgan fingerprint density at radius 3 is 2.80 bits per heavy atom. The van der Waals surface area contributed by atoms with Gasteiger partial charge in [0, 0.05) is 24.8 Å². The minimum atomic E-state index is -0.450. The maximum Gasteiger partial charge on any atom is 0.407 e. The van der Waals surface area contributed by atoms with Crippen LogP contribution in [0.5, 0.6) is 0 Å². The largest absolute Gasteiger partial charge is 0.446 e. The highest BCUT2D eigenvalue weighted by Crippen LogP contribution is 2.38. The number of anilines is 1. The number of amides is 2. The van der Waals surface area contributed by atoms with Crippen molar-refractivity contribution in [2.45, 2.75) is 58.1 Å². The first-order chi connectivity index (χ1) is 16.8. The van der Waals surface area contributed by atoms with Gasteiger partial charge in [0.25, 0.3) is 0 Å². The first kappa shape index (κ1) is 24.6. The van der Waals surface area contributed by atoms with Crippen molar-refractivity contribution in [1.29, 1.82) is 0 Å². The number of rotatable bonds is 7. The number of benzene rings is 1. The average molecular weight is 491 g/mol. The number of hydrogen-bond acceptors (Lipinski definition) is 5. The van der Waals surface area contributed by atoms with Gasteiger partial charge >= 0.3 is 6.09 Å². The van der Waals surface area contributed by atoms with Gasteiger partial charge in [0.15, 0.2) is 0 Å². The maximum atomic E-state index is 12.7. The van der Waals surface area contributed by atoms with Crippen LogP contribution in [-0.2, 0) is 36.0 Å². The third-order valence-corrected chi connectivity index (χ3v) is 7.43. The van der Waals surface area contributed by atoms with Crippen LogP contribution in [0, 0.1) is 19.3 Å². The highest BCUT2D eigenvalue weighted by atomic mass is 32.1. The zero-order valence-corrected chi connectivity index (χ0v) is 21.1. The predicted octanol–water partition coefficient (Wildman–Crippen LogP) is 4.69. The number of terminal acetylenes is 1. The SMILES string of the molecule is C#Cc1c(NC(=O)CC(C)c2ccccc2)sc2c1CCC(OC(=O)NCc1cc(C)nn1C)C2. The minimum Gasteiger partial charge on any atom is -0.446 e. The summed E-state index contributed by atoms with van der Waals surface area (Å²) in [4.78, 5) is 26.2. The van der Waals surface area contributed by atoms with Crippen molar-refractivity contribution in [3.05, 3.63) is 69.4 Å². The molecule has 182 valence electrons. The van der Waals surface area contributed by atoms with E-state index in [1.54, 1.807) is 4.68 Å². The van der Waals surface area contributed by atoms with Crippen LogP contribution >= 0.6 is 11.3 Å². The summed E-state index contributed by atoms with van der Waals surface area (Å²) in [5, 5.41) is 10.8. The van der Waals surface area contributed by atoms with E-state index in [0.29, 0.717) is 37.2 Å². The van der Waals surface area contributed by atoms with Crippen LogP contribution in [-0.4, -0.2) is 27.9 Å². The molecule has 7 nitrogen and oxygen atoms in total. The standard InChI is InChI=1S/C27H30N4O3S/c1-5-22-23-12-11-21(34-27(33)28-16-20-14-18(3)30-31(20)4)15-24(23)35-26(22)29-25(32)13-17(2)19-9-7-6-8-10-19/h1,6-10,14,17,21H,11-13,15-16H2,2-4H3,(H,28,33)(H,29,32). The van der Waals surface area contributed by atoms with Crippen LogP contribution < -0.4 is 10.6 Å². The van der Waals surface area contributed by atoms with Crippen molar-refractivity contribution in [2.75, 3.05) is 5.32 Å². The number of fused-ring (bicyclic) bond motifs is 1. The first-order valence-corrected chi connectivity index (χ1v) is 12.6. The summed E-state index contributed by atoms with van der Waals surface area (Å²) in [6.45, 7) is 4.30. The number of thiophene rings is 1. The maximum absolute atomic E-state index is 12.7. The third kappa shape index (κ3) is 5.92. The van der Waals surface area contributed by atoms with E-state index < -0.39 is 6.09 Å². The van der Waals surface area contributed by atoms with E-state index in [2.05, 4.69) is 21.7 Å². The van der Waals surface area contributed by atoms with Gasteiger partial charge in [-0.05, 0) is 42.9 Å². The van der Waals surface area contributed by atoms with Crippen LogP contribution in [0.1, 0.15) is 58.6 Å². The molecule has 4 rings (SSSR count). The highest BCUT2D eigenvalue weighted by Gasteiger charge is 2.28. The molecule has 3 aromatic rings. The van der Waals surface area contributed by atoms with E-state index in [9.17, 15) is 9.59 Å². The normalized spacial score (nSPS) is 15.5. The molecule has 0 saturated heterocycles. The first-order valence-electron chi connectivity index (χ1n) is 11.7. The lowest BCUT2D eigenvalue weighted by molar-refractivity contribution is -0.116. The van der Waals surface area contributed by atoms with Crippen molar-refractivity contribution in [3.63, 3.8) is 0 Å². The zero-order valence-electron chi connectivity index (χ0n) is 20.3. The highest BCUT2D eigenvalue weighted by molar-refractivity contribution is 7.16. The van der Waals surface area contributed by atoms with Crippen molar-refractivity contribution in [2.24, 2.45) is 7.05 Å². The number of carbonyl (C=O) groups is 2. The fourth-order valence-electron chi connectivity index (χ4n) is 4.44. The molecule has 0 saturated carbocycles. The number of carbonyl (C=O) groups excluding carboxylic acids is 2. The predicted molar refractivity (Wildman–Crippen MR) is 137 cm³/mol. The Balaban J connectivity index is 1.34. The Labute approximate surface area is 209 Å². The topological polar surface area (TPSA) is 85.2 Å². The fourth-order valence-corrected chi connectivity index (χ4v) is 5.73. The summed E-state index contributed by atoms with van der Waals surface area (Å²) in [5.74, 6) is 2.81. The molecule has 2 atom stereocenters. The number of ether oxygens (including phenoxy) is 1. The van der Waals surface area contributed by atoms with Gasteiger partial charge in [0.05, 0.1) is 23.5 Å². The smallest absolute Gasteiger partial charge is 0.407 e. The van der Waals surface area contributed by atoms with E-state index >= 15 is 0 Å². The molecule has 8 heteroatoms. The molecule has 1 aliphatic carbocycles. The van der Waals surface area contributed by atoms with Gasteiger partial charge in [0.2, 0.25) is 5.91 Å². The van der Waals surface area contributed by atoms with Gasteiger partial charge in [-0.15, -0.1) is 17.8 Å². The monoisotopic (exact) mass is 490 g/mol. The number of aromatic nitrogens is 2. The molecule has 0 spiro atoms. The summed E-state index contributed by atoms with van der Waals surface area (Å²) < 4.78 is 7.41. The molecule has 0 aliphatic heterocycles. The number of alkyl carbamates (subject to hydrolysis) is 1. The second-order valence-corrected chi connectivity index (χ2v) is 10.0. The third-order valence-electron chi connectivity index (χ3n) is 6.26. The van der Waals surface area contributed by atoms with E-state index in [-0.39, 0.29) is 17.9 Å². The van der Waals surface area contributed by atoms with Crippen LogP contribution in [0.4, 0.5) is 9.80 Å². The molecule has 0 radical (unpaired) electrons. The molecule has 2 heterocycles. The summed E-state index contributed by atoms with van der Waals surface area (Å²) in [6.07, 6.45) is 7.49. The lowest BCUT2D eigenvalue weighted by Crippen LogP contribution is -2.32. The number of hydrogen-bond donors (Lipinski definition) is 2. The number of aryl methyl sites for hydroxylation is 2. The van der Waals surface area contributed by atoms with Gasteiger partial charge in [-0.3, -0.25) is 9.48 Å². The molecule has 35 heavy (non-hydrogen) atoms. The molecular formula is C27H30N4O3S. The Hall–Kier alpha value is -3.57. The second kappa shape index (κ2) is 10.8. The summed E-state index contributed by atoms with van der Waals surface area (Å²) in [7, 11) is 1.84. The lowest BCUT2D eigenvalue weighted by atomic mass is 9.93. The fraction of sp³-hybridized carbons (Fsp3) is 0.370. The van der Waals surface area contributed by atoms with Gasteiger partial charge in [-0.25, -0.2) is 4.79 Å².